The molecular formula is C16H19N5O4S. The molecule has 0 aromatic carbocycles. The molecule has 0 radical (unpaired) electrons. The maximum absolute atomic E-state index is 12.2. The van der Waals surface area contributed by atoms with E-state index in [9.17, 15) is 14.4 Å². The van der Waals surface area contributed by atoms with Crippen molar-refractivity contribution in [3.63, 3.8) is 0 Å². The summed E-state index contributed by atoms with van der Waals surface area (Å²) < 4.78 is 6.36. The average Bonchev–Trinajstić information content (AvgIpc) is 2.99. The molecule has 0 aliphatic carbocycles. The lowest BCUT2D eigenvalue weighted by molar-refractivity contribution is -0.152. The number of thiazole rings is 1. The normalized spacial score (nSPS) is 14.3. The maximum Gasteiger partial charge on any atom is 0.326 e. The molecular weight excluding hydrogens is 358 g/mol. The summed E-state index contributed by atoms with van der Waals surface area (Å²) in [6.07, 6.45) is 3.36. The van der Waals surface area contributed by atoms with Gasteiger partial charge < -0.3 is 14.5 Å². The molecule has 3 heterocycles. The lowest BCUT2D eigenvalue weighted by Crippen LogP contribution is -2.50. The third kappa shape index (κ3) is 4.26. The molecule has 0 atom stereocenters. The molecule has 0 N–H and O–H groups in total. The van der Waals surface area contributed by atoms with Gasteiger partial charge in [0.15, 0.2) is 6.61 Å². The number of aryl methyl sites for hydroxylation is 1. The minimum atomic E-state index is -0.599. The molecule has 1 aliphatic rings. The molecule has 0 bridgehead atoms. The van der Waals surface area contributed by atoms with Gasteiger partial charge in [0, 0.05) is 49.6 Å². The van der Waals surface area contributed by atoms with E-state index in [4.69, 9.17) is 4.74 Å². The van der Waals surface area contributed by atoms with Crippen LogP contribution in [-0.4, -0.2) is 64.1 Å². The van der Waals surface area contributed by atoms with Gasteiger partial charge in [0.25, 0.3) is 5.91 Å². The first-order valence-corrected chi connectivity index (χ1v) is 9.03. The summed E-state index contributed by atoms with van der Waals surface area (Å²) in [6, 6.07) is 1.75. The van der Waals surface area contributed by atoms with Gasteiger partial charge in [-0.1, -0.05) is 11.3 Å². The summed E-state index contributed by atoms with van der Waals surface area (Å²) in [5.74, 6) is -0.206. The van der Waals surface area contributed by atoms with Crippen molar-refractivity contribution in [3.8, 4) is 0 Å². The summed E-state index contributed by atoms with van der Waals surface area (Å²) in [5.41, 5.74) is 0.697. The topological polar surface area (TPSA) is 97.6 Å². The van der Waals surface area contributed by atoms with E-state index in [1.807, 2.05) is 4.90 Å². The second-order valence-corrected chi connectivity index (χ2v) is 6.63. The molecule has 9 nitrogen and oxygen atoms in total. The number of piperazine rings is 1. The molecule has 1 aliphatic heterocycles. The number of aromatic nitrogens is 3. The zero-order valence-corrected chi connectivity index (χ0v) is 15.1. The SMILES string of the molecule is Cc1csc(=O)n1CC(=O)OCC(=O)N1CCN(c2ncccn2)CC1. The number of ether oxygens (including phenoxy) is 1. The van der Waals surface area contributed by atoms with E-state index in [1.165, 1.54) is 4.57 Å². The van der Waals surface area contributed by atoms with Crippen molar-refractivity contribution in [1.82, 2.24) is 19.4 Å². The number of nitrogens with zero attached hydrogens (tertiary/aromatic N) is 5. The number of carbonyl (C=O) groups is 2. The van der Waals surface area contributed by atoms with Crippen LogP contribution in [0.1, 0.15) is 5.69 Å². The predicted molar refractivity (Wildman–Crippen MR) is 95.1 cm³/mol. The third-order valence-corrected chi connectivity index (χ3v) is 4.97. The summed E-state index contributed by atoms with van der Waals surface area (Å²) in [5, 5.41) is 1.68. The molecule has 1 fully saturated rings. The summed E-state index contributed by atoms with van der Waals surface area (Å²) in [7, 11) is 0. The van der Waals surface area contributed by atoms with Crippen molar-refractivity contribution < 1.29 is 14.3 Å². The van der Waals surface area contributed by atoms with Gasteiger partial charge >= 0.3 is 10.8 Å². The van der Waals surface area contributed by atoms with Crippen molar-refractivity contribution in [2.45, 2.75) is 13.5 Å². The smallest absolute Gasteiger partial charge is 0.326 e. The van der Waals surface area contributed by atoms with Crippen LogP contribution in [0.15, 0.2) is 28.6 Å². The molecule has 0 spiro atoms. The quantitative estimate of drug-likeness (QED) is 0.671. The van der Waals surface area contributed by atoms with Crippen molar-refractivity contribution in [2.75, 3.05) is 37.7 Å². The average molecular weight is 377 g/mol. The molecule has 2 aromatic rings. The van der Waals surface area contributed by atoms with E-state index in [1.54, 1.807) is 35.7 Å². The molecule has 26 heavy (non-hydrogen) atoms. The summed E-state index contributed by atoms with van der Waals surface area (Å²) in [6.45, 7) is 3.50. The zero-order chi connectivity index (χ0) is 18.5. The predicted octanol–water partition coefficient (Wildman–Crippen LogP) is -0.0998. The maximum atomic E-state index is 12.2. The van der Waals surface area contributed by atoms with Crippen LogP contribution in [0.3, 0.4) is 0 Å². The zero-order valence-electron chi connectivity index (χ0n) is 14.3. The standard InChI is InChI=1S/C16H19N5O4S/c1-12-11-26-16(24)21(12)9-14(23)25-10-13(22)19-5-7-20(8-6-19)15-17-3-2-4-18-15/h2-4,11H,5-10H2,1H3. The molecule has 10 heteroatoms. The van der Waals surface area contributed by atoms with Gasteiger partial charge in [0.05, 0.1) is 0 Å². The van der Waals surface area contributed by atoms with Crippen LogP contribution >= 0.6 is 11.3 Å². The highest BCUT2D eigenvalue weighted by Crippen LogP contribution is 2.10. The van der Waals surface area contributed by atoms with E-state index in [-0.39, 0.29) is 23.9 Å². The first-order chi connectivity index (χ1) is 12.5. The number of anilines is 1. The largest absolute Gasteiger partial charge is 0.454 e. The van der Waals surface area contributed by atoms with E-state index in [0.717, 1.165) is 11.3 Å². The van der Waals surface area contributed by atoms with E-state index in [2.05, 4.69) is 9.97 Å². The van der Waals surface area contributed by atoms with Gasteiger partial charge in [0.1, 0.15) is 6.54 Å². The Morgan fingerprint density at radius 1 is 1.19 bits per heavy atom. The summed E-state index contributed by atoms with van der Waals surface area (Å²) >= 11 is 1.03. The number of carbonyl (C=O) groups excluding carboxylic acids is 2. The molecule has 2 aromatic heterocycles. The van der Waals surface area contributed by atoms with Crippen LogP contribution < -0.4 is 9.77 Å². The molecule has 1 amide bonds. The Balaban J connectivity index is 1.44. The molecule has 1 saturated heterocycles. The van der Waals surface area contributed by atoms with E-state index in [0.29, 0.717) is 37.8 Å². The van der Waals surface area contributed by atoms with Gasteiger partial charge in [-0.3, -0.25) is 19.0 Å². The second kappa shape index (κ2) is 8.09. The molecule has 0 unspecified atom stereocenters. The second-order valence-electron chi connectivity index (χ2n) is 5.81. The van der Waals surface area contributed by atoms with Crippen LogP contribution in [0, 0.1) is 6.92 Å². The number of amides is 1. The molecule has 0 saturated carbocycles. The number of rotatable bonds is 5. The Bertz CT molecular complexity index is 827. The minimum Gasteiger partial charge on any atom is -0.454 e. The molecule has 3 rings (SSSR count). The Morgan fingerprint density at radius 3 is 2.50 bits per heavy atom. The Labute approximate surface area is 153 Å². The van der Waals surface area contributed by atoms with Crippen molar-refractivity contribution in [1.29, 1.82) is 0 Å². The monoisotopic (exact) mass is 377 g/mol. The van der Waals surface area contributed by atoms with Crippen molar-refractivity contribution in [3.05, 3.63) is 39.2 Å². The van der Waals surface area contributed by atoms with E-state index >= 15 is 0 Å². The van der Waals surface area contributed by atoms with Gasteiger partial charge in [0.2, 0.25) is 5.95 Å². The lowest BCUT2D eigenvalue weighted by Gasteiger charge is -2.34. The Hall–Kier alpha value is -2.75. The number of hydrogen-bond donors (Lipinski definition) is 0. The van der Waals surface area contributed by atoms with Crippen molar-refractivity contribution >= 4 is 29.2 Å². The first kappa shape index (κ1) is 18.1. The van der Waals surface area contributed by atoms with Crippen LogP contribution in [-0.2, 0) is 20.9 Å². The first-order valence-electron chi connectivity index (χ1n) is 8.15. The van der Waals surface area contributed by atoms with Crippen LogP contribution in [0.2, 0.25) is 0 Å². The van der Waals surface area contributed by atoms with Gasteiger partial charge in [-0.25, -0.2) is 9.97 Å². The fourth-order valence-electron chi connectivity index (χ4n) is 2.61. The fraction of sp³-hybridized carbons (Fsp3) is 0.438. The third-order valence-electron chi connectivity index (χ3n) is 4.09. The van der Waals surface area contributed by atoms with Crippen LogP contribution in [0.5, 0.6) is 0 Å². The highest BCUT2D eigenvalue weighted by Gasteiger charge is 2.23. The summed E-state index contributed by atoms with van der Waals surface area (Å²) in [4.78, 5) is 47.5. The van der Waals surface area contributed by atoms with Crippen LogP contribution in [0.25, 0.3) is 0 Å². The van der Waals surface area contributed by atoms with Gasteiger partial charge in [-0.2, -0.15) is 0 Å². The van der Waals surface area contributed by atoms with Crippen molar-refractivity contribution in [2.24, 2.45) is 0 Å². The van der Waals surface area contributed by atoms with E-state index < -0.39 is 5.97 Å². The van der Waals surface area contributed by atoms with Crippen LogP contribution in [0.4, 0.5) is 5.95 Å². The highest BCUT2D eigenvalue weighted by molar-refractivity contribution is 7.07. The Kier molecular flexibility index (Phi) is 5.61. The van der Waals surface area contributed by atoms with Gasteiger partial charge in [-0.05, 0) is 13.0 Å². The minimum absolute atomic E-state index is 0.180. The number of hydrogen-bond acceptors (Lipinski definition) is 8. The van der Waals surface area contributed by atoms with Gasteiger partial charge in [-0.15, -0.1) is 0 Å². The lowest BCUT2D eigenvalue weighted by atomic mass is 10.3. The molecule has 138 valence electrons. The Morgan fingerprint density at radius 2 is 1.88 bits per heavy atom. The highest BCUT2D eigenvalue weighted by atomic mass is 32.1. The number of esters is 1. The fourth-order valence-corrected chi connectivity index (χ4v) is 3.35.